The van der Waals surface area contributed by atoms with Crippen LogP contribution in [0.3, 0.4) is 0 Å². The normalized spacial score (nSPS) is 19.5. The number of carboxylic acids is 1. The molecule has 1 heterocycles. The summed E-state index contributed by atoms with van der Waals surface area (Å²) in [6, 6.07) is 6.62. The van der Waals surface area contributed by atoms with Gasteiger partial charge < -0.3 is 42.7 Å². The molecule has 0 bridgehead atoms. The SMILES string of the molecule is C#CC[C@@H]1NC(=O)CNC(=O)C(CC(=O)O)NC(=O)CNC(=O)C(CCCNC)NC1=O.Cc1ccccc1.N=CN. The Kier molecular flexibility index (Phi) is 19.2. The number of terminal acetylenes is 1. The van der Waals surface area contributed by atoms with Gasteiger partial charge in [-0.2, -0.15) is 0 Å². The van der Waals surface area contributed by atoms with Gasteiger partial charge >= 0.3 is 5.97 Å². The zero-order valence-corrected chi connectivity index (χ0v) is 23.7. The third-order valence-electron chi connectivity index (χ3n) is 5.34. The lowest BCUT2D eigenvalue weighted by molar-refractivity contribution is -0.140. The number of hydrogen-bond donors (Lipinski definition) is 9. The minimum atomic E-state index is -1.47. The van der Waals surface area contributed by atoms with Crippen LogP contribution in [0, 0.1) is 24.7 Å². The van der Waals surface area contributed by atoms with E-state index in [9.17, 15) is 28.8 Å². The molecule has 0 aromatic heterocycles. The second-order valence-electron chi connectivity index (χ2n) is 8.81. The maximum atomic E-state index is 12.6. The Morgan fingerprint density at radius 2 is 1.52 bits per heavy atom. The zero-order valence-electron chi connectivity index (χ0n) is 23.7. The van der Waals surface area contributed by atoms with Crippen molar-refractivity contribution in [3.05, 3.63) is 35.9 Å². The predicted molar refractivity (Wildman–Crippen MR) is 155 cm³/mol. The van der Waals surface area contributed by atoms with E-state index in [0.717, 1.165) is 6.34 Å². The summed E-state index contributed by atoms with van der Waals surface area (Å²) in [5.41, 5.74) is 5.71. The summed E-state index contributed by atoms with van der Waals surface area (Å²) >= 11 is 0. The van der Waals surface area contributed by atoms with Crippen molar-refractivity contribution in [1.29, 1.82) is 5.41 Å². The third-order valence-corrected chi connectivity index (χ3v) is 5.34. The van der Waals surface area contributed by atoms with Gasteiger partial charge in [0.05, 0.1) is 25.8 Å². The Bertz CT molecular complexity index is 1090. The van der Waals surface area contributed by atoms with Crippen molar-refractivity contribution in [2.24, 2.45) is 5.73 Å². The van der Waals surface area contributed by atoms with E-state index < -0.39 is 73.1 Å². The molecule has 230 valence electrons. The molecule has 42 heavy (non-hydrogen) atoms. The van der Waals surface area contributed by atoms with E-state index in [4.69, 9.17) is 16.9 Å². The Morgan fingerprint density at radius 3 is 1.98 bits per heavy atom. The first-order valence-electron chi connectivity index (χ1n) is 13.0. The molecular weight excluding hydrogens is 548 g/mol. The van der Waals surface area contributed by atoms with E-state index in [-0.39, 0.29) is 12.8 Å². The molecule has 1 saturated heterocycles. The van der Waals surface area contributed by atoms with Crippen molar-refractivity contribution in [3.63, 3.8) is 0 Å². The van der Waals surface area contributed by atoms with Gasteiger partial charge in [-0.15, -0.1) is 12.3 Å². The van der Waals surface area contributed by atoms with E-state index in [1.54, 1.807) is 7.05 Å². The van der Waals surface area contributed by atoms with E-state index in [0.29, 0.717) is 13.0 Å². The summed E-state index contributed by atoms with van der Waals surface area (Å²) in [5, 5.41) is 29.4. The molecule has 2 unspecified atom stereocenters. The van der Waals surface area contributed by atoms with Crippen LogP contribution in [0.5, 0.6) is 0 Å². The van der Waals surface area contributed by atoms with Gasteiger partial charge in [0.1, 0.15) is 18.1 Å². The molecule has 10 N–H and O–H groups in total. The first-order valence-corrected chi connectivity index (χ1v) is 13.0. The zero-order chi connectivity index (χ0) is 31.9. The van der Waals surface area contributed by atoms with Crippen molar-refractivity contribution in [1.82, 2.24) is 31.9 Å². The van der Waals surface area contributed by atoms with Crippen molar-refractivity contribution < 1.29 is 33.9 Å². The van der Waals surface area contributed by atoms with E-state index in [1.165, 1.54) is 5.56 Å². The van der Waals surface area contributed by atoms with Crippen LogP contribution in [-0.4, -0.2) is 91.8 Å². The number of hydrogen-bond acceptors (Lipinski definition) is 8. The average Bonchev–Trinajstić information content (AvgIpc) is 2.94. The van der Waals surface area contributed by atoms with Gasteiger partial charge in [-0.1, -0.05) is 35.9 Å². The van der Waals surface area contributed by atoms with Crippen LogP contribution >= 0.6 is 0 Å². The number of carbonyl (C=O) groups is 6. The lowest BCUT2D eigenvalue weighted by atomic mass is 10.1. The van der Waals surface area contributed by atoms with Gasteiger partial charge in [0, 0.05) is 6.42 Å². The van der Waals surface area contributed by atoms with Crippen LogP contribution in [0.15, 0.2) is 30.3 Å². The standard InChI is InChI=1S/C19H28N6O7.C7H8.CH4N2/c1-3-5-11-19(32)25-12(6-4-7-20-2)17(30)21-10-15(27)24-13(8-16(28)29)18(31)22-9-14(26)23-11;1-7-5-3-2-4-6-7;2-1-3/h1,11-13,20H,4-10H2,2H3,(H,21,30)(H,22,31)(H,23,26)(H,24,27)(H,25,32)(H,28,29);2-6H,1H3;1H,(H3,2,3)/t11-,12?,13?;;/m0../s1. The van der Waals surface area contributed by atoms with Gasteiger partial charge in [-0.3, -0.25) is 34.2 Å². The van der Waals surface area contributed by atoms with Gasteiger partial charge in [0.2, 0.25) is 29.5 Å². The maximum absolute atomic E-state index is 12.6. The van der Waals surface area contributed by atoms with Gasteiger partial charge in [0.15, 0.2) is 0 Å². The Labute approximate surface area is 244 Å². The van der Waals surface area contributed by atoms with Crippen molar-refractivity contribution in [2.45, 2.75) is 50.7 Å². The summed E-state index contributed by atoms with van der Waals surface area (Å²) in [5.74, 6) is -2.95. The molecule has 2 rings (SSSR count). The minimum absolute atomic E-state index is 0.169. The molecule has 3 atom stereocenters. The molecule has 5 amide bonds. The molecule has 0 radical (unpaired) electrons. The molecule has 1 aromatic rings. The molecule has 1 aromatic carbocycles. The second kappa shape index (κ2) is 21.8. The largest absolute Gasteiger partial charge is 0.481 e. The van der Waals surface area contributed by atoms with Crippen molar-refractivity contribution in [3.8, 4) is 12.3 Å². The van der Waals surface area contributed by atoms with Crippen LogP contribution in [-0.2, 0) is 28.8 Å². The fourth-order valence-electron chi connectivity index (χ4n) is 3.34. The summed E-state index contributed by atoms with van der Waals surface area (Å²) < 4.78 is 0. The average molecular weight is 589 g/mol. The lowest BCUT2D eigenvalue weighted by Gasteiger charge is -2.22. The lowest BCUT2D eigenvalue weighted by Crippen LogP contribution is -2.55. The predicted octanol–water partition coefficient (Wildman–Crippen LogP) is -2.27. The minimum Gasteiger partial charge on any atom is -0.481 e. The first-order chi connectivity index (χ1) is 20.0. The number of aryl methyl sites for hydroxylation is 1. The highest BCUT2D eigenvalue weighted by Crippen LogP contribution is 2.01. The van der Waals surface area contributed by atoms with Gasteiger partial charge in [0.25, 0.3) is 0 Å². The molecule has 1 aliphatic rings. The quantitative estimate of drug-likeness (QED) is 0.0720. The highest BCUT2D eigenvalue weighted by molar-refractivity contribution is 5.97. The summed E-state index contributed by atoms with van der Waals surface area (Å²) in [6.07, 6.45) is 5.87. The van der Waals surface area contributed by atoms with Gasteiger partial charge in [-0.25, -0.2) is 0 Å². The number of nitrogens with one attached hydrogen (secondary N) is 7. The number of amides is 5. The highest BCUT2D eigenvalue weighted by atomic mass is 16.4. The molecular formula is C27H40N8O7. The van der Waals surface area contributed by atoms with Gasteiger partial charge in [-0.05, 0) is 33.4 Å². The second-order valence-corrected chi connectivity index (χ2v) is 8.81. The number of nitrogens with two attached hydrogens (primary N) is 1. The fourth-order valence-corrected chi connectivity index (χ4v) is 3.34. The third kappa shape index (κ3) is 16.9. The monoisotopic (exact) mass is 588 g/mol. The summed E-state index contributed by atoms with van der Waals surface area (Å²) in [6.45, 7) is 1.52. The van der Waals surface area contributed by atoms with Crippen molar-refractivity contribution in [2.75, 3.05) is 26.7 Å². The van der Waals surface area contributed by atoms with Crippen LogP contribution in [0.1, 0.15) is 31.2 Å². The molecule has 0 spiro atoms. The number of aliphatic carboxylic acids is 1. The van der Waals surface area contributed by atoms with Crippen molar-refractivity contribution >= 4 is 41.8 Å². The van der Waals surface area contributed by atoms with E-state index >= 15 is 0 Å². The molecule has 15 nitrogen and oxygen atoms in total. The Balaban J connectivity index is 0.00000142. The number of carboxylic acid groups (broad SMARTS) is 1. The summed E-state index contributed by atoms with van der Waals surface area (Å²) in [7, 11) is 1.72. The molecule has 1 fully saturated rings. The number of carbonyl (C=O) groups excluding carboxylic acids is 5. The first kappa shape index (κ1) is 37.0. The van der Waals surface area contributed by atoms with E-state index in [1.807, 2.05) is 18.2 Å². The van der Waals surface area contributed by atoms with Crippen LogP contribution in [0.2, 0.25) is 0 Å². The topological polar surface area (TPSA) is 245 Å². The van der Waals surface area contributed by atoms with Crippen LogP contribution in [0.25, 0.3) is 0 Å². The van der Waals surface area contributed by atoms with Crippen LogP contribution in [0.4, 0.5) is 0 Å². The molecule has 1 aliphatic heterocycles. The van der Waals surface area contributed by atoms with Crippen LogP contribution < -0.4 is 37.6 Å². The number of rotatable bonds is 7. The Hall–Kier alpha value is -4.97. The maximum Gasteiger partial charge on any atom is 0.305 e. The summed E-state index contributed by atoms with van der Waals surface area (Å²) in [4.78, 5) is 72.8. The molecule has 15 heteroatoms. The Morgan fingerprint density at radius 1 is 1.00 bits per heavy atom. The van der Waals surface area contributed by atoms with E-state index in [2.05, 4.69) is 62.6 Å². The molecule has 0 aliphatic carbocycles. The number of benzene rings is 1. The molecule has 0 saturated carbocycles. The smallest absolute Gasteiger partial charge is 0.305 e. The fraction of sp³-hybridized carbons (Fsp3) is 0.444. The highest BCUT2D eigenvalue weighted by Gasteiger charge is 2.29.